The quantitative estimate of drug-likeness (QED) is 0.830. The summed E-state index contributed by atoms with van der Waals surface area (Å²) in [5.41, 5.74) is 0.696. The van der Waals surface area contributed by atoms with E-state index in [1.807, 2.05) is 31.2 Å². The minimum Gasteiger partial charge on any atom is -0.361 e. The molecular weight excluding hydrogens is 327 g/mol. The molecule has 2 rings (SSSR count). The van der Waals surface area contributed by atoms with Crippen molar-refractivity contribution in [2.24, 2.45) is 0 Å². The molecule has 0 spiro atoms. The van der Waals surface area contributed by atoms with E-state index in [1.165, 1.54) is 0 Å². The first-order valence-electron chi connectivity index (χ1n) is 5.51. The number of hydrogen-bond donors (Lipinski definition) is 0. The number of carbonyl (C=O) groups excluding carboxylic acids is 1. The first-order valence-corrected chi connectivity index (χ1v) is 6.30. The molecule has 3 nitrogen and oxygen atoms in total. The van der Waals surface area contributed by atoms with Crippen molar-refractivity contribution in [1.82, 2.24) is 5.06 Å². The smallest absolute Gasteiger partial charge is 0.361 e. The second kappa shape index (κ2) is 4.79. The average molecular weight is 338 g/mol. The third-order valence-corrected chi connectivity index (χ3v) is 3.56. The Morgan fingerprint density at radius 2 is 1.84 bits per heavy atom. The maximum atomic E-state index is 12.0. The molecule has 1 aromatic rings. The van der Waals surface area contributed by atoms with E-state index in [-0.39, 0.29) is 18.5 Å². The fourth-order valence-corrected chi connectivity index (χ4v) is 2.26. The van der Waals surface area contributed by atoms with Gasteiger partial charge in [0, 0.05) is 23.0 Å². The molecule has 0 amide bonds. The normalized spacial score (nSPS) is 18.8. The van der Waals surface area contributed by atoms with Crippen molar-refractivity contribution in [3.63, 3.8) is 0 Å². The van der Waals surface area contributed by atoms with Gasteiger partial charge in [-0.05, 0) is 17.7 Å². The summed E-state index contributed by atoms with van der Waals surface area (Å²) in [5, 5.41) is 1.03. The van der Waals surface area contributed by atoms with Gasteiger partial charge in [0.25, 0.3) is 0 Å². The van der Waals surface area contributed by atoms with E-state index >= 15 is 0 Å². The number of halogens is 4. The van der Waals surface area contributed by atoms with Crippen LogP contribution in [0.1, 0.15) is 12.5 Å². The molecule has 1 aliphatic rings. The largest absolute Gasteiger partial charge is 0.492 e. The van der Waals surface area contributed by atoms with Crippen LogP contribution in [0.15, 0.2) is 28.7 Å². The zero-order valence-corrected chi connectivity index (χ0v) is 11.6. The first-order chi connectivity index (χ1) is 8.71. The third-order valence-electron chi connectivity index (χ3n) is 3.04. The predicted molar refractivity (Wildman–Crippen MR) is 65.2 cm³/mol. The van der Waals surface area contributed by atoms with Crippen LogP contribution in [0.2, 0.25) is 0 Å². The van der Waals surface area contributed by atoms with Gasteiger partial charge in [0.15, 0.2) is 0 Å². The highest BCUT2D eigenvalue weighted by Gasteiger charge is 2.47. The molecule has 104 valence electrons. The minimum atomic E-state index is -4.95. The zero-order chi connectivity index (χ0) is 14.3. The summed E-state index contributed by atoms with van der Waals surface area (Å²) in [6, 6.07) is 7.52. The van der Waals surface area contributed by atoms with Crippen molar-refractivity contribution >= 4 is 21.9 Å². The summed E-state index contributed by atoms with van der Waals surface area (Å²) in [6.07, 6.45) is -4.95. The minimum absolute atomic E-state index is 0.246. The van der Waals surface area contributed by atoms with E-state index in [4.69, 9.17) is 0 Å². The van der Waals surface area contributed by atoms with Gasteiger partial charge in [0.1, 0.15) is 0 Å². The van der Waals surface area contributed by atoms with Crippen LogP contribution < -0.4 is 0 Å². The Hall–Kier alpha value is -1.08. The van der Waals surface area contributed by atoms with Gasteiger partial charge in [-0.1, -0.05) is 35.0 Å². The maximum Gasteiger partial charge on any atom is 0.492 e. The highest BCUT2D eigenvalue weighted by Crippen LogP contribution is 2.35. The van der Waals surface area contributed by atoms with Gasteiger partial charge in [0.2, 0.25) is 0 Å². The lowest BCUT2D eigenvalue weighted by Gasteiger charge is -2.46. The molecule has 0 saturated carbocycles. The SMILES string of the molecule is CC1(c2ccc(Br)cc2)CN(OC(=O)C(F)(F)F)C1. The van der Waals surface area contributed by atoms with E-state index in [9.17, 15) is 18.0 Å². The van der Waals surface area contributed by atoms with Crippen LogP contribution in [0.3, 0.4) is 0 Å². The lowest BCUT2D eigenvalue weighted by molar-refractivity contribution is -0.261. The fraction of sp³-hybridized carbons (Fsp3) is 0.417. The second-order valence-corrected chi connectivity index (χ2v) is 5.66. The van der Waals surface area contributed by atoms with E-state index < -0.39 is 12.1 Å². The third kappa shape index (κ3) is 3.09. The Morgan fingerprint density at radius 1 is 1.32 bits per heavy atom. The molecule has 1 heterocycles. The highest BCUT2D eigenvalue weighted by molar-refractivity contribution is 9.10. The van der Waals surface area contributed by atoms with Gasteiger partial charge in [-0.2, -0.15) is 13.2 Å². The number of benzene rings is 1. The molecule has 1 saturated heterocycles. The number of alkyl halides is 3. The Bertz CT molecular complexity index is 481. The molecule has 0 unspecified atom stereocenters. The molecule has 0 atom stereocenters. The van der Waals surface area contributed by atoms with Crippen molar-refractivity contribution in [1.29, 1.82) is 0 Å². The van der Waals surface area contributed by atoms with E-state index in [0.29, 0.717) is 0 Å². The first kappa shape index (κ1) is 14.3. The summed E-state index contributed by atoms with van der Waals surface area (Å²) in [6.45, 7) is 2.40. The maximum absolute atomic E-state index is 12.0. The molecular formula is C12H11BrF3NO2. The molecule has 0 bridgehead atoms. The van der Waals surface area contributed by atoms with Crippen LogP contribution in [0.4, 0.5) is 13.2 Å². The molecule has 7 heteroatoms. The van der Waals surface area contributed by atoms with Crippen LogP contribution in [-0.4, -0.2) is 30.3 Å². The molecule has 0 aromatic heterocycles. The van der Waals surface area contributed by atoms with Crippen molar-refractivity contribution in [2.45, 2.75) is 18.5 Å². The van der Waals surface area contributed by atoms with Crippen LogP contribution in [0, 0.1) is 0 Å². The number of rotatable bonds is 2. The van der Waals surface area contributed by atoms with Gasteiger partial charge in [-0.25, -0.2) is 4.79 Å². The number of hydrogen-bond acceptors (Lipinski definition) is 3. The highest BCUT2D eigenvalue weighted by atomic mass is 79.9. The number of hydroxylamine groups is 2. The van der Waals surface area contributed by atoms with Crippen molar-refractivity contribution in [2.75, 3.05) is 13.1 Å². The molecule has 1 fully saturated rings. The number of carbonyl (C=O) groups is 1. The van der Waals surface area contributed by atoms with Crippen molar-refractivity contribution in [3.8, 4) is 0 Å². The summed E-state index contributed by atoms with van der Waals surface area (Å²) >= 11 is 3.31. The fourth-order valence-electron chi connectivity index (χ4n) is 2.00. The standard InChI is InChI=1S/C12H11BrF3NO2/c1-11(8-2-4-9(13)5-3-8)6-17(7-11)19-10(18)12(14,15)16/h2-5H,6-7H2,1H3. The lowest BCUT2D eigenvalue weighted by Crippen LogP contribution is -2.58. The predicted octanol–water partition coefficient (Wildman–Crippen LogP) is 3.04. The zero-order valence-electron chi connectivity index (χ0n) is 10.00. The van der Waals surface area contributed by atoms with Crippen molar-refractivity contribution in [3.05, 3.63) is 34.3 Å². The topological polar surface area (TPSA) is 29.5 Å². The van der Waals surface area contributed by atoms with Crippen LogP contribution in [0.25, 0.3) is 0 Å². The van der Waals surface area contributed by atoms with E-state index in [1.54, 1.807) is 0 Å². The second-order valence-electron chi connectivity index (χ2n) is 4.74. The average Bonchev–Trinajstić information content (AvgIpc) is 2.26. The summed E-state index contributed by atoms with van der Waals surface area (Å²) in [5.74, 6) is -2.18. The van der Waals surface area contributed by atoms with Gasteiger partial charge >= 0.3 is 12.1 Å². The molecule has 1 aliphatic heterocycles. The lowest BCUT2D eigenvalue weighted by atomic mass is 9.77. The Morgan fingerprint density at radius 3 is 2.32 bits per heavy atom. The molecule has 0 radical (unpaired) electrons. The van der Waals surface area contributed by atoms with E-state index in [2.05, 4.69) is 20.8 Å². The van der Waals surface area contributed by atoms with Gasteiger partial charge in [-0.15, -0.1) is 5.06 Å². The van der Waals surface area contributed by atoms with Crippen LogP contribution in [-0.2, 0) is 15.0 Å². The van der Waals surface area contributed by atoms with Gasteiger partial charge < -0.3 is 4.84 Å². The molecule has 1 aromatic carbocycles. The van der Waals surface area contributed by atoms with E-state index in [0.717, 1.165) is 15.1 Å². The summed E-state index contributed by atoms with van der Waals surface area (Å²) in [7, 11) is 0. The van der Waals surface area contributed by atoms with Crippen LogP contribution in [0.5, 0.6) is 0 Å². The molecule has 0 aliphatic carbocycles. The summed E-state index contributed by atoms with van der Waals surface area (Å²) in [4.78, 5) is 14.9. The van der Waals surface area contributed by atoms with Crippen molar-refractivity contribution < 1.29 is 22.8 Å². The Balaban J connectivity index is 1.95. The molecule has 19 heavy (non-hydrogen) atoms. The summed E-state index contributed by atoms with van der Waals surface area (Å²) < 4.78 is 37.0. The van der Waals surface area contributed by atoms with Gasteiger partial charge in [0.05, 0.1) is 0 Å². The Labute approximate surface area is 116 Å². The van der Waals surface area contributed by atoms with Gasteiger partial charge in [-0.3, -0.25) is 0 Å². The number of nitrogens with zero attached hydrogens (tertiary/aromatic N) is 1. The van der Waals surface area contributed by atoms with Crippen LogP contribution >= 0.6 is 15.9 Å². The Kier molecular flexibility index (Phi) is 3.61. The monoisotopic (exact) mass is 337 g/mol. The molecule has 0 N–H and O–H groups in total.